The van der Waals surface area contributed by atoms with Gasteiger partial charge < -0.3 is 19.8 Å². The third-order valence-corrected chi connectivity index (χ3v) is 2.45. The average molecular weight is 280 g/mol. The van der Waals surface area contributed by atoms with Gasteiger partial charge in [-0.2, -0.15) is 0 Å². The molecule has 2 aromatic heterocycles. The van der Waals surface area contributed by atoms with Gasteiger partial charge in [-0.1, -0.05) is 0 Å². The van der Waals surface area contributed by atoms with Crippen molar-refractivity contribution in [2.24, 2.45) is 7.05 Å². The summed E-state index contributed by atoms with van der Waals surface area (Å²) in [6.07, 6.45) is 6.25. The van der Waals surface area contributed by atoms with Crippen LogP contribution < -0.4 is 0 Å². The van der Waals surface area contributed by atoms with Gasteiger partial charge in [0.25, 0.3) is 0 Å². The number of carboxylic acid groups (broad SMARTS) is 2. The summed E-state index contributed by atoms with van der Waals surface area (Å²) in [5.74, 6) is -2.19. The normalized spacial score (nSPS) is 11.3. The molecular weight excluding hydrogens is 264 g/mol. The maximum Gasteiger partial charge on any atom is 0.312 e. The van der Waals surface area contributed by atoms with E-state index in [4.69, 9.17) is 10.2 Å². The molecule has 0 saturated carbocycles. The Morgan fingerprint density at radius 2 is 2.15 bits per heavy atom. The van der Waals surface area contributed by atoms with Crippen molar-refractivity contribution in [3.05, 3.63) is 36.4 Å². The maximum atomic E-state index is 10.3. The van der Waals surface area contributed by atoms with Crippen LogP contribution in [-0.2, 0) is 23.1 Å². The molecule has 1 unspecified atom stereocenters. The van der Waals surface area contributed by atoms with Crippen LogP contribution >= 0.6 is 0 Å². The van der Waals surface area contributed by atoms with E-state index in [1.807, 2.05) is 0 Å². The van der Waals surface area contributed by atoms with Gasteiger partial charge in [-0.25, -0.2) is 9.97 Å². The third kappa shape index (κ3) is 4.92. The minimum absolute atomic E-state index is 0.000833. The zero-order valence-corrected chi connectivity index (χ0v) is 11.1. The molecular formula is C12H16N4O4. The second-order valence-corrected chi connectivity index (χ2v) is 4.17. The quantitative estimate of drug-likeness (QED) is 0.755. The van der Waals surface area contributed by atoms with E-state index in [1.165, 1.54) is 12.5 Å². The Labute approximate surface area is 115 Å². The molecule has 8 heteroatoms. The molecule has 0 aliphatic rings. The summed E-state index contributed by atoms with van der Waals surface area (Å²) in [4.78, 5) is 30.7. The summed E-state index contributed by atoms with van der Waals surface area (Å²) >= 11 is 0. The molecule has 0 fully saturated rings. The minimum atomic E-state index is -0.848. The number of imidazole rings is 2. The Morgan fingerprint density at radius 1 is 1.45 bits per heavy atom. The second kappa shape index (κ2) is 7.07. The van der Waals surface area contributed by atoms with Crippen LogP contribution in [0.2, 0.25) is 0 Å². The number of nitrogens with one attached hydrogen (secondary N) is 1. The van der Waals surface area contributed by atoms with Crippen molar-refractivity contribution in [2.45, 2.75) is 19.3 Å². The molecule has 0 aliphatic carbocycles. The molecule has 2 rings (SSSR count). The Hall–Kier alpha value is -2.64. The molecule has 2 heterocycles. The van der Waals surface area contributed by atoms with Crippen LogP contribution in [0.3, 0.4) is 0 Å². The predicted octanol–water partition coefficient (Wildman–Crippen LogP) is 0.645. The van der Waals surface area contributed by atoms with Crippen molar-refractivity contribution in [1.29, 1.82) is 0 Å². The van der Waals surface area contributed by atoms with Gasteiger partial charge >= 0.3 is 11.9 Å². The number of carboxylic acids is 2. The van der Waals surface area contributed by atoms with Crippen LogP contribution in [0.5, 0.6) is 0 Å². The summed E-state index contributed by atoms with van der Waals surface area (Å²) in [7, 11) is 1.80. The molecule has 0 aromatic carbocycles. The van der Waals surface area contributed by atoms with Crippen molar-refractivity contribution >= 4 is 11.9 Å². The van der Waals surface area contributed by atoms with E-state index in [1.54, 1.807) is 31.1 Å². The largest absolute Gasteiger partial charge is 0.481 e. The molecule has 20 heavy (non-hydrogen) atoms. The number of aryl methyl sites for hydroxylation is 1. The van der Waals surface area contributed by atoms with Gasteiger partial charge in [0.2, 0.25) is 0 Å². The number of aliphatic carboxylic acids is 2. The molecule has 108 valence electrons. The number of aromatic nitrogens is 4. The fourth-order valence-electron chi connectivity index (χ4n) is 1.35. The van der Waals surface area contributed by atoms with E-state index < -0.39 is 17.9 Å². The molecule has 2 aromatic rings. The topological polar surface area (TPSA) is 121 Å². The highest BCUT2D eigenvalue weighted by Crippen LogP contribution is 2.09. The van der Waals surface area contributed by atoms with Crippen LogP contribution in [0.15, 0.2) is 25.0 Å². The van der Waals surface area contributed by atoms with Gasteiger partial charge in [0.15, 0.2) is 0 Å². The number of nitrogens with zero attached hydrogens (tertiary/aromatic N) is 3. The summed E-state index contributed by atoms with van der Waals surface area (Å²) in [5, 5.41) is 16.8. The van der Waals surface area contributed by atoms with Crippen molar-refractivity contribution in [2.75, 3.05) is 0 Å². The lowest BCUT2D eigenvalue weighted by atomic mass is 10.1. The van der Waals surface area contributed by atoms with Gasteiger partial charge in [-0.05, 0) is 6.92 Å². The van der Waals surface area contributed by atoms with Crippen LogP contribution in [0, 0.1) is 0 Å². The predicted molar refractivity (Wildman–Crippen MR) is 69.2 cm³/mol. The maximum absolute atomic E-state index is 10.3. The fourth-order valence-corrected chi connectivity index (χ4v) is 1.35. The van der Waals surface area contributed by atoms with E-state index in [9.17, 15) is 9.59 Å². The SMILES string of the molecule is CC(C(=O)O)c1cnc[nH]1.Cn1cnc(CC(=O)O)c1. The van der Waals surface area contributed by atoms with E-state index in [0.717, 1.165) is 0 Å². The number of carbonyl (C=O) groups is 2. The van der Waals surface area contributed by atoms with Gasteiger partial charge in [0.05, 0.1) is 30.7 Å². The van der Waals surface area contributed by atoms with Crippen molar-refractivity contribution in [3.8, 4) is 0 Å². The molecule has 3 N–H and O–H groups in total. The minimum Gasteiger partial charge on any atom is -0.481 e. The van der Waals surface area contributed by atoms with Crippen LogP contribution in [0.4, 0.5) is 0 Å². The molecule has 0 saturated heterocycles. The number of hydrogen-bond donors (Lipinski definition) is 3. The van der Waals surface area contributed by atoms with Gasteiger partial charge in [0.1, 0.15) is 0 Å². The van der Waals surface area contributed by atoms with Crippen molar-refractivity contribution in [3.63, 3.8) is 0 Å². The summed E-state index contributed by atoms with van der Waals surface area (Å²) < 4.78 is 1.72. The molecule has 0 amide bonds. The lowest BCUT2D eigenvalue weighted by Crippen LogP contribution is -2.07. The Bertz CT molecular complexity index is 562. The zero-order valence-electron chi connectivity index (χ0n) is 11.1. The van der Waals surface area contributed by atoms with E-state index in [-0.39, 0.29) is 6.42 Å². The van der Waals surface area contributed by atoms with Crippen LogP contribution in [0.25, 0.3) is 0 Å². The smallest absolute Gasteiger partial charge is 0.312 e. The molecule has 0 bridgehead atoms. The highest BCUT2D eigenvalue weighted by molar-refractivity contribution is 5.74. The van der Waals surface area contributed by atoms with Crippen LogP contribution in [0.1, 0.15) is 24.2 Å². The van der Waals surface area contributed by atoms with Crippen LogP contribution in [-0.4, -0.2) is 41.7 Å². The molecule has 0 radical (unpaired) electrons. The molecule has 1 atom stereocenters. The van der Waals surface area contributed by atoms with E-state index >= 15 is 0 Å². The highest BCUT2D eigenvalue weighted by atomic mass is 16.4. The lowest BCUT2D eigenvalue weighted by molar-refractivity contribution is -0.138. The molecule has 0 spiro atoms. The summed E-state index contributed by atoms with van der Waals surface area (Å²) in [6, 6.07) is 0. The second-order valence-electron chi connectivity index (χ2n) is 4.17. The first-order valence-corrected chi connectivity index (χ1v) is 5.80. The van der Waals surface area contributed by atoms with Crippen molar-refractivity contribution in [1.82, 2.24) is 19.5 Å². The highest BCUT2D eigenvalue weighted by Gasteiger charge is 2.13. The Kier molecular flexibility index (Phi) is 5.45. The standard InChI is InChI=1S/2C6H8N2O2/c1-8-3-5(7-4-8)2-6(9)10;1-4(6(9)10)5-2-7-3-8-5/h3-4H,2H2,1H3,(H,9,10);2-4H,1H3,(H,7,8)(H,9,10). The summed E-state index contributed by atoms with van der Waals surface area (Å²) in [6.45, 7) is 1.61. The van der Waals surface area contributed by atoms with Gasteiger partial charge in [-0.15, -0.1) is 0 Å². The lowest BCUT2D eigenvalue weighted by Gasteiger charge is -1.99. The third-order valence-electron chi connectivity index (χ3n) is 2.45. The number of rotatable bonds is 4. The molecule has 8 nitrogen and oxygen atoms in total. The Balaban J connectivity index is 0.000000200. The average Bonchev–Trinajstić information content (AvgIpc) is 3.00. The first-order valence-electron chi connectivity index (χ1n) is 5.80. The van der Waals surface area contributed by atoms with E-state index in [0.29, 0.717) is 11.4 Å². The first kappa shape index (κ1) is 15.4. The van der Waals surface area contributed by atoms with Gasteiger partial charge in [-0.3, -0.25) is 9.59 Å². The number of aromatic amines is 1. The number of hydrogen-bond acceptors (Lipinski definition) is 4. The Morgan fingerprint density at radius 3 is 2.55 bits per heavy atom. The monoisotopic (exact) mass is 280 g/mol. The van der Waals surface area contributed by atoms with E-state index in [2.05, 4.69) is 15.0 Å². The first-order chi connectivity index (χ1) is 9.40. The number of H-pyrrole nitrogens is 1. The molecule has 0 aliphatic heterocycles. The zero-order chi connectivity index (χ0) is 15.1. The fraction of sp³-hybridized carbons (Fsp3) is 0.333. The van der Waals surface area contributed by atoms with Gasteiger partial charge in [0, 0.05) is 25.1 Å². The van der Waals surface area contributed by atoms with Crippen molar-refractivity contribution < 1.29 is 19.8 Å². The summed E-state index contributed by atoms with van der Waals surface area (Å²) in [5.41, 5.74) is 1.22.